The topological polar surface area (TPSA) is 338 Å². The average Bonchev–Trinajstić information content (AvgIpc) is 1.61. The predicted octanol–water partition coefficient (Wildman–Crippen LogP) is 16.9. The Labute approximate surface area is 731 Å². The zero-order valence-corrected chi connectivity index (χ0v) is 76.6. The molecule has 11 rings (SSSR count). The van der Waals surface area contributed by atoms with Crippen LogP contribution >= 0.6 is 11.6 Å². The fourth-order valence-corrected chi connectivity index (χ4v) is 16.4. The molecule has 3 aliphatic heterocycles. The SMILES string of the molecule is CCCOc1ccc(C(=O)CCC(C)(O)c2cc3c(c(-c4ccc(F)cc4)n2)OCC3(NS(=O)C(C)(C)C)C(C)C)cc1OC.CCCOc1ccc(C(=O)CCC(C)(O)c2cc3c(c(Cl)n2)OCC3(NS(=O)C(C)(C)C)C(C)C)cc1OC.COc1cc(C(=O)CCC(C)(O)c2cc3c(c(-c4ccc(F)cc4)n2)OCC3(N)C(C)C)ccc1OCCO. The van der Waals surface area contributed by atoms with Gasteiger partial charge in [0.1, 0.15) is 66.3 Å². The van der Waals surface area contributed by atoms with Crippen molar-refractivity contribution in [2.24, 2.45) is 23.5 Å². The summed E-state index contributed by atoms with van der Waals surface area (Å²) in [6.07, 6.45) is 2.11. The number of ether oxygens (including phenoxy) is 9. The van der Waals surface area contributed by atoms with Crippen LogP contribution in [0.5, 0.6) is 51.7 Å². The van der Waals surface area contributed by atoms with Crippen molar-refractivity contribution in [3.05, 3.63) is 189 Å². The number of methoxy groups -OCH3 is 3. The average molecular weight is 1760 g/mol. The first-order valence-corrected chi connectivity index (χ1v) is 44.2. The minimum Gasteiger partial charge on any atom is -0.493 e. The molecular weight excluding hydrogens is 1640 g/mol. The first kappa shape index (κ1) is 97.7. The number of aliphatic hydroxyl groups excluding tert-OH is 1. The standard InChI is InChI=1S/C35H45FN2O6S.C30H35FN2O6.C29H41ClN2O6S/c1-9-18-43-28-15-12-24(19-29(28)42-8)27(39)16-17-34(7,40)30-20-26-32(31(37-30)23-10-13-25(36)14-11-23)44-21-35(26,22(2)3)38-45(41)33(4,5)6;1-18(2)30(32)17-39-28-22(30)16-26(33-27(28)19-5-8-21(31)9-6-19)29(3,36)12-11-23(35)20-7-10-24(38-14-13-34)25(15-20)37-4;1-9-14-37-22-11-10-19(15-23(22)36-8)21(33)12-13-28(7,34)24-16-20-25(26(30)31-24)38-17-29(20,18(2)3)32-39(35)27(4,5)6/h10-15,19-20,22,38,40H,9,16-18,21H2,1-8H3;5-10,15-16,18,34,36H,11-14,17,32H2,1-4H3;10-11,15-16,18,32,34H,9,12-14,17H2,1-8H3. The van der Waals surface area contributed by atoms with Crippen molar-refractivity contribution < 1.29 is 94.6 Å². The first-order valence-electron chi connectivity index (χ1n) is 41.5. The van der Waals surface area contributed by atoms with Crippen LogP contribution in [0.4, 0.5) is 8.78 Å². The number of carbonyl (C=O) groups is 3. The number of nitrogens with one attached hydrogen (secondary N) is 2. The molecule has 0 bridgehead atoms. The van der Waals surface area contributed by atoms with Gasteiger partial charge in [0, 0.05) is 63.8 Å². The van der Waals surface area contributed by atoms with Gasteiger partial charge < -0.3 is 68.8 Å². The van der Waals surface area contributed by atoms with Gasteiger partial charge in [-0.15, -0.1) is 0 Å². The number of Topliss-reactive ketones (excluding diaryl/α,β-unsaturated/α-hetero) is 3. The highest BCUT2D eigenvalue weighted by molar-refractivity contribution is 7.84. The summed E-state index contributed by atoms with van der Waals surface area (Å²) in [6.45, 7) is 34.0. The lowest BCUT2D eigenvalue weighted by Gasteiger charge is -2.36. The molecule has 0 amide bonds. The molecule has 668 valence electrons. The van der Waals surface area contributed by atoms with E-state index in [1.165, 1.54) is 45.6 Å². The van der Waals surface area contributed by atoms with Crippen molar-refractivity contribution in [2.45, 2.75) is 212 Å². The maximum absolute atomic E-state index is 13.9. The van der Waals surface area contributed by atoms with E-state index in [4.69, 9.17) is 75.0 Å². The molecule has 0 spiro atoms. The minimum absolute atomic E-state index is 0.0119. The number of fused-ring (bicyclic) bond motifs is 3. The summed E-state index contributed by atoms with van der Waals surface area (Å²) in [5, 5.41) is 44.0. The van der Waals surface area contributed by atoms with Gasteiger partial charge in [-0.25, -0.2) is 41.6 Å². The quantitative estimate of drug-likeness (QED) is 0.0142. The minimum atomic E-state index is -1.53. The zero-order valence-electron chi connectivity index (χ0n) is 74.3. The van der Waals surface area contributed by atoms with Crippen LogP contribution in [-0.4, -0.2) is 138 Å². The molecule has 29 heteroatoms. The number of pyridine rings is 3. The van der Waals surface area contributed by atoms with E-state index in [9.17, 15) is 46.9 Å². The van der Waals surface area contributed by atoms with Crippen LogP contribution in [0, 0.1) is 29.4 Å². The van der Waals surface area contributed by atoms with Gasteiger partial charge in [-0.05, 0) is 233 Å². The van der Waals surface area contributed by atoms with Gasteiger partial charge in [0.15, 0.2) is 74.2 Å². The van der Waals surface area contributed by atoms with E-state index in [1.807, 2.05) is 96.9 Å². The highest BCUT2D eigenvalue weighted by Crippen LogP contribution is 2.52. The van der Waals surface area contributed by atoms with Crippen LogP contribution in [0.1, 0.15) is 234 Å². The summed E-state index contributed by atoms with van der Waals surface area (Å²) in [7, 11) is 1.70. The Balaban J connectivity index is 0.000000210. The fraction of sp³-hybridized carbons (Fsp3) is 0.489. The largest absolute Gasteiger partial charge is 0.493 e. The van der Waals surface area contributed by atoms with E-state index in [2.05, 4.69) is 14.4 Å². The molecule has 3 aromatic heterocycles. The number of benzene rings is 5. The number of carbonyl (C=O) groups excluding carboxylic acids is 3. The number of ketones is 3. The third-order valence-electron chi connectivity index (χ3n) is 22.5. The highest BCUT2D eigenvalue weighted by atomic mass is 35.5. The molecule has 0 radical (unpaired) electrons. The van der Waals surface area contributed by atoms with Crippen LogP contribution in [0.15, 0.2) is 121 Å². The smallest absolute Gasteiger partial charge is 0.171 e. The van der Waals surface area contributed by atoms with Gasteiger partial charge in [-0.2, -0.15) is 0 Å². The molecule has 0 saturated carbocycles. The summed E-state index contributed by atoms with van der Waals surface area (Å²) in [5.41, 5.74) is 6.43. The van der Waals surface area contributed by atoms with Crippen LogP contribution in [0.2, 0.25) is 5.15 Å². The van der Waals surface area contributed by atoms with Crippen molar-refractivity contribution in [3.8, 4) is 74.3 Å². The van der Waals surface area contributed by atoms with Gasteiger partial charge in [0.2, 0.25) is 0 Å². The van der Waals surface area contributed by atoms with Gasteiger partial charge in [-0.3, -0.25) is 14.4 Å². The molecular formula is C94H121ClF2N6O18S2. The van der Waals surface area contributed by atoms with E-state index in [-0.39, 0.29) is 118 Å². The van der Waals surface area contributed by atoms with Crippen LogP contribution in [-0.2, 0) is 55.4 Å². The zero-order chi connectivity index (χ0) is 90.7. The molecule has 0 aliphatic carbocycles. The number of hydrogen-bond acceptors (Lipinski definition) is 22. The van der Waals surface area contributed by atoms with Crippen molar-refractivity contribution in [1.82, 2.24) is 24.4 Å². The molecule has 8 atom stereocenters. The number of rotatable bonds is 36. The van der Waals surface area contributed by atoms with Crippen LogP contribution < -0.4 is 57.8 Å². The van der Waals surface area contributed by atoms with Gasteiger partial charge >= 0.3 is 0 Å². The van der Waals surface area contributed by atoms with Crippen LogP contribution in [0.25, 0.3) is 22.5 Å². The maximum Gasteiger partial charge on any atom is 0.171 e. The molecule has 6 heterocycles. The van der Waals surface area contributed by atoms with Gasteiger partial charge in [0.05, 0.1) is 106 Å². The van der Waals surface area contributed by atoms with Crippen molar-refractivity contribution in [3.63, 3.8) is 0 Å². The molecule has 8 aromatic rings. The second-order valence-electron chi connectivity index (χ2n) is 34.9. The molecule has 3 aliphatic rings. The Morgan fingerprint density at radius 1 is 0.480 bits per heavy atom. The van der Waals surface area contributed by atoms with E-state index in [1.54, 1.807) is 118 Å². The molecule has 24 nitrogen and oxygen atoms in total. The lowest BCUT2D eigenvalue weighted by molar-refractivity contribution is 0.0394. The first-order chi connectivity index (χ1) is 57.8. The molecule has 123 heavy (non-hydrogen) atoms. The third-order valence-corrected chi connectivity index (χ3v) is 26.1. The number of halogens is 3. The molecule has 8 N–H and O–H groups in total. The lowest BCUT2D eigenvalue weighted by Crippen LogP contribution is -2.52. The third kappa shape index (κ3) is 22.6. The molecule has 0 saturated heterocycles. The van der Waals surface area contributed by atoms with Gasteiger partial charge in [-0.1, -0.05) is 67.0 Å². The summed E-state index contributed by atoms with van der Waals surface area (Å²) in [5.74, 6) is 2.99. The van der Waals surface area contributed by atoms with Crippen LogP contribution in [0.3, 0.4) is 0 Å². The molecule has 8 unspecified atom stereocenters. The van der Waals surface area contributed by atoms with Crippen molar-refractivity contribution in [2.75, 3.05) is 67.6 Å². The summed E-state index contributed by atoms with van der Waals surface area (Å²) in [4.78, 5) is 53.4. The Hall–Kier alpha value is -9.07. The second kappa shape index (κ2) is 40.5. The number of aliphatic hydroxyl groups is 4. The molecule has 5 aromatic carbocycles. The number of nitrogens with two attached hydrogens (primary N) is 1. The van der Waals surface area contributed by atoms with E-state index in [0.717, 1.165) is 18.4 Å². The van der Waals surface area contributed by atoms with Crippen molar-refractivity contribution in [1.29, 1.82) is 0 Å². The Morgan fingerprint density at radius 3 is 1.14 bits per heavy atom. The monoisotopic (exact) mass is 1760 g/mol. The summed E-state index contributed by atoms with van der Waals surface area (Å²) >= 11 is 6.54. The second-order valence-corrected chi connectivity index (χ2v) is 39.2. The predicted molar refractivity (Wildman–Crippen MR) is 473 cm³/mol. The summed E-state index contributed by atoms with van der Waals surface area (Å²) < 4.78 is 111. The maximum atomic E-state index is 13.9. The Bertz CT molecular complexity index is 5120. The normalized spacial score (nSPS) is 18.4. The lowest BCUT2D eigenvalue weighted by atomic mass is 9.80. The molecule has 0 fully saturated rings. The van der Waals surface area contributed by atoms with Crippen molar-refractivity contribution >= 4 is 50.9 Å². The van der Waals surface area contributed by atoms with E-state index < -0.39 is 70.7 Å². The van der Waals surface area contributed by atoms with Gasteiger partial charge in [0.25, 0.3) is 0 Å². The highest BCUT2D eigenvalue weighted by Gasteiger charge is 2.51. The Kier molecular flexibility index (Phi) is 32.2. The number of nitrogens with zero attached hydrogens (tertiary/aromatic N) is 3. The number of hydrogen-bond donors (Lipinski definition) is 7. The number of aromatic nitrogens is 3. The fourth-order valence-electron chi connectivity index (χ4n) is 14.1. The van der Waals surface area contributed by atoms with E-state index in [0.29, 0.717) is 132 Å². The Morgan fingerprint density at radius 2 is 0.805 bits per heavy atom. The summed E-state index contributed by atoms with van der Waals surface area (Å²) in [6, 6.07) is 32.1. The van der Waals surface area contributed by atoms with E-state index >= 15 is 0 Å².